The standard InChI is InChI=1S/C13H16N2O5/c1-18-10-5-3-9(4-6-10)13(14)15-20-12(17)8-7-11(16)19-2/h3-6H,7-8H2,1-2H3,(H2,14,15). The number of esters is 1. The monoisotopic (exact) mass is 280 g/mol. The molecule has 2 N–H and O–H groups in total. The van der Waals surface area contributed by atoms with Crippen molar-refractivity contribution in [2.24, 2.45) is 10.9 Å². The Labute approximate surface area is 116 Å². The number of nitrogens with zero attached hydrogens (tertiary/aromatic N) is 1. The van der Waals surface area contributed by atoms with Crippen LogP contribution in [0.1, 0.15) is 18.4 Å². The summed E-state index contributed by atoms with van der Waals surface area (Å²) in [4.78, 5) is 26.7. The summed E-state index contributed by atoms with van der Waals surface area (Å²) in [5.41, 5.74) is 6.25. The smallest absolute Gasteiger partial charge is 0.335 e. The first-order valence-electron chi connectivity index (χ1n) is 5.81. The Kier molecular flexibility index (Phi) is 6.02. The van der Waals surface area contributed by atoms with E-state index in [4.69, 9.17) is 10.5 Å². The number of hydrogen-bond acceptors (Lipinski definition) is 6. The van der Waals surface area contributed by atoms with Gasteiger partial charge in [-0.2, -0.15) is 0 Å². The Morgan fingerprint density at radius 2 is 1.70 bits per heavy atom. The molecule has 0 unspecified atom stereocenters. The fraction of sp³-hybridized carbons (Fsp3) is 0.308. The molecule has 1 aromatic rings. The van der Waals surface area contributed by atoms with E-state index in [9.17, 15) is 9.59 Å². The van der Waals surface area contributed by atoms with E-state index in [2.05, 4.69) is 14.7 Å². The number of carbonyl (C=O) groups excluding carboxylic acids is 2. The molecule has 0 spiro atoms. The first-order valence-corrected chi connectivity index (χ1v) is 5.81. The van der Waals surface area contributed by atoms with Gasteiger partial charge in [0.15, 0.2) is 5.84 Å². The van der Waals surface area contributed by atoms with E-state index in [1.807, 2.05) is 0 Å². The summed E-state index contributed by atoms with van der Waals surface area (Å²) < 4.78 is 9.40. The zero-order chi connectivity index (χ0) is 15.0. The van der Waals surface area contributed by atoms with Crippen LogP contribution in [0.5, 0.6) is 5.75 Å². The summed E-state index contributed by atoms with van der Waals surface area (Å²) in [6, 6.07) is 6.77. The van der Waals surface area contributed by atoms with Gasteiger partial charge in [0, 0.05) is 5.56 Å². The van der Waals surface area contributed by atoms with Crippen LogP contribution in [0.4, 0.5) is 0 Å². The van der Waals surface area contributed by atoms with Crippen LogP contribution in [0.2, 0.25) is 0 Å². The highest BCUT2D eigenvalue weighted by Crippen LogP contribution is 2.11. The van der Waals surface area contributed by atoms with Crippen LogP contribution in [-0.4, -0.2) is 32.0 Å². The van der Waals surface area contributed by atoms with E-state index < -0.39 is 11.9 Å². The summed E-state index contributed by atoms with van der Waals surface area (Å²) in [6.45, 7) is 0. The van der Waals surface area contributed by atoms with Crippen LogP contribution in [0, 0.1) is 0 Å². The van der Waals surface area contributed by atoms with E-state index >= 15 is 0 Å². The highest BCUT2D eigenvalue weighted by molar-refractivity contribution is 5.97. The van der Waals surface area contributed by atoms with Gasteiger partial charge in [-0.25, -0.2) is 4.79 Å². The molecule has 0 aromatic heterocycles. The molecular formula is C13H16N2O5. The largest absolute Gasteiger partial charge is 0.497 e. The molecule has 7 nitrogen and oxygen atoms in total. The van der Waals surface area contributed by atoms with Crippen molar-refractivity contribution in [3.63, 3.8) is 0 Å². The second-order valence-corrected chi connectivity index (χ2v) is 3.74. The number of rotatable bonds is 6. The van der Waals surface area contributed by atoms with E-state index in [1.165, 1.54) is 7.11 Å². The van der Waals surface area contributed by atoms with E-state index in [1.54, 1.807) is 31.4 Å². The molecule has 20 heavy (non-hydrogen) atoms. The van der Waals surface area contributed by atoms with Gasteiger partial charge in [-0.05, 0) is 24.3 Å². The van der Waals surface area contributed by atoms with Crippen LogP contribution in [-0.2, 0) is 19.2 Å². The van der Waals surface area contributed by atoms with Crippen molar-refractivity contribution in [2.75, 3.05) is 14.2 Å². The van der Waals surface area contributed by atoms with Gasteiger partial charge < -0.3 is 20.0 Å². The molecule has 0 fully saturated rings. The minimum atomic E-state index is -0.660. The Morgan fingerprint density at radius 1 is 1.10 bits per heavy atom. The zero-order valence-electron chi connectivity index (χ0n) is 11.3. The topological polar surface area (TPSA) is 100 Å². The van der Waals surface area contributed by atoms with Gasteiger partial charge in [0.25, 0.3) is 0 Å². The SMILES string of the molecule is COC(=O)CCC(=O)O/N=C(\N)c1ccc(OC)cc1. The molecule has 0 aliphatic heterocycles. The molecule has 7 heteroatoms. The second-order valence-electron chi connectivity index (χ2n) is 3.74. The van der Waals surface area contributed by atoms with E-state index in [0.29, 0.717) is 11.3 Å². The summed E-state index contributed by atoms with van der Waals surface area (Å²) in [5.74, 6) is -0.420. The Balaban J connectivity index is 2.51. The molecule has 0 saturated carbocycles. The number of methoxy groups -OCH3 is 2. The van der Waals surface area contributed by atoms with Gasteiger partial charge >= 0.3 is 11.9 Å². The van der Waals surface area contributed by atoms with Gasteiger partial charge in [-0.15, -0.1) is 0 Å². The quantitative estimate of drug-likeness (QED) is 0.272. The number of benzene rings is 1. The molecule has 0 saturated heterocycles. The number of amidine groups is 1. The van der Waals surface area contributed by atoms with Crippen molar-refractivity contribution in [1.82, 2.24) is 0 Å². The van der Waals surface area contributed by atoms with Crippen LogP contribution in [0.3, 0.4) is 0 Å². The summed E-state index contributed by atoms with van der Waals surface area (Å²) in [5, 5.41) is 3.51. The van der Waals surface area contributed by atoms with E-state index in [0.717, 1.165) is 0 Å². The lowest BCUT2D eigenvalue weighted by Gasteiger charge is -2.03. The minimum Gasteiger partial charge on any atom is -0.497 e. The molecule has 1 aromatic carbocycles. The van der Waals surface area contributed by atoms with E-state index in [-0.39, 0.29) is 18.7 Å². The van der Waals surface area contributed by atoms with Crippen molar-refractivity contribution in [2.45, 2.75) is 12.8 Å². The number of ether oxygens (including phenoxy) is 2. The Morgan fingerprint density at radius 3 is 2.25 bits per heavy atom. The molecule has 0 amide bonds. The van der Waals surface area contributed by atoms with Crippen LogP contribution in [0.15, 0.2) is 29.4 Å². The lowest BCUT2D eigenvalue weighted by Crippen LogP contribution is -2.15. The van der Waals surface area contributed by atoms with Crippen molar-refractivity contribution in [3.05, 3.63) is 29.8 Å². The van der Waals surface area contributed by atoms with Crippen molar-refractivity contribution >= 4 is 17.8 Å². The highest BCUT2D eigenvalue weighted by atomic mass is 16.7. The maximum atomic E-state index is 11.3. The second kappa shape index (κ2) is 7.78. The lowest BCUT2D eigenvalue weighted by atomic mass is 10.2. The number of nitrogens with two attached hydrogens (primary N) is 1. The number of hydrogen-bond donors (Lipinski definition) is 1. The van der Waals surface area contributed by atoms with Gasteiger partial charge in [0.1, 0.15) is 5.75 Å². The van der Waals surface area contributed by atoms with Crippen LogP contribution < -0.4 is 10.5 Å². The summed E-state index contributed by atoms with van der Waals surface area (Å²) >= 11 is 0. The first kappa shape index (κ1) is 15.5. The number of oxime groups is 1. The normalized spacial score (nSPS) is 10.8. The average Bonchev–Trinajstić information content (AvgIpc) is 2.50. The van der Waals surface area contributed by atoms with Crippen LogP contribution in [0.25, 0.3) is 0 Å². The molecule has 108 valence electrons. The predicted molar refractivity (Wildman–Crippen MR) is 71.1 cm³/mol. The molecule has 0 aliphatic carbocycles. The maximum Gasteiger partial charge on any atom is 0.335 e. The third-order valence-electron chi connectivity index (χ3n) is 2.39. The fourth-order valence-corrected chi connectivity index (χ4v) is 1.27. The van der Waals surface area contributed by atoms with Crippen LogP contribution >= 0.6 is 0 Å². The third kappa shape index (κ3) is 4.97. The van der Waals surface area contributed by atoms with Crippen molar-refractivity contribution in [1.29, 1.82) is 0 Å². The van der Waals surface area contributed by atoms with Gasteiger partial charge in [0.05, 0.1) is 27.1 Å². The molecule has 0 bridgehead atoms. The third-order valence-corrected chi connectivity index (χ3v) is 2.39. The molecule has 1 rings (SSSR count). The van der Waals surface area contributed by atoms with Crippen molar-refractivity contribution in [3.8, 4) is 5.75 Å². The minimum absolute atomic E-state index is 0.0547. The van der Waals surface area contributed by atoms with Gasteiger partial charge in [0.2, 0.25) is 0 Å². The van der Waals surface area contributed by atoms with Gasteiger partial charge in [-0.3, -0.25) is 4.79 Å². The summed E-state index contributed by atoms with van der Waals surface area (Å²) in [6.07, 6.45) is -0.181. The molecule has 0 heterocycles. The first-order chi connectivity index (χ1) is 9.56. The summed E-state index contributed by atoms with van der Waals surface area (Å²) in [7, 11) is 2.79. The lowest BCUT2D eigenvalue weighted by molar-refractivity contribution is -0.148. The average molecular weight is 280 g/mol. The van der Waals surface area contributed by atoms with Gasteiger partial charge in [-0.1, -0.05) is 5.16 Å². The Bertz CT molecular complexity index is 496. The number of carbonyl (C=O) groups is 2. The fourth-order valence-electron chi connectivity index (χ4n) is 1.27. The molecular weight excluding hydrogens is 264 g/mol. The molecule has 0 radical (unpaired) electrons. The Hall–Kier alpha value is -2.57. The van der Waals surface area contributed by atoms with Crippen molar-refractivity contribution < 1.29 is 23.9 Å². The molecule has 0 aliphatic rings. The highest BCUT2D eigenvalue weighted by Gasteiger charge is 2.08. The predicted octanol–water partition coefficient (Wildman–Crippen LogP) is 0.812. The molecule has 0 atom stereocenters. The maximum absolute atomic E-state index is 11.3. The zero-order valence-corrected chi connectivity index (χ0v) is 11.3.